The van der Waals surface area contributed by atoms with E-state index in [2.05, 4.69) is 22.1 Å². The number of amides is 1. The van der Waals surface area contributed by atoms with Crippen molar-refractivity contribution in [3.63, 3.8) is 0 Å². The quantitative estimate of drug-likeness (QED) is 0.671. The molecule has 20 heavy (non-hydrogen) atoms. The SMILES string of the molecule is CC1CCCCN1CCCNC(=O)c1cccnc1Cl. The number of hydrogen-bond acceptors (Lipinski definition) is 3. The fourth-order valence-electron chi connectivity index (χ4n) is 2.62. The van der Waals surface area contributed by atoms with Crippen molar-refractivity contribution in [1.29, 1.82) is 0 Å². The third kappa shape index (κ3) is 4.18. The molecule has 2 rings (SSSR count). The van der Waals surface area contributed by atoms with Crippen molar-refractivity contribution in [3.05, 3.63) is 29.0 Å². The molecule has 4 nitrogen and oxygen atoms in total. The van der Waals surface area contributed by atoms with E-state index in [0.717, 1.165) is 13.0 Å². The van der Waals surface area contributed by atoms with Crippen LogP contribution in [0.25, 0.3) is 0 Å². The summed E-state index contributed by atoms with van der Waals surface area (Å²) < 4.78 is 0. The highest BCUT2D eigenvalue weighted by atomic mass is 35.5. The molecular weight excluding hydrogens is 274 g/mol. The van der Waals surface area contributed by atoms with Crippen LogP contribution in [0.5, 0.6) is 0 Å². The Morgan fingerprint density at radius 3 is 3.15 bits per heavy atom. The second-order valence-corrected chi connectivity index (χ2v) is 5.69. The van der Waals surface area contributed by atoms with Gasteiger partial charge in [0.2, 0.25) is 0 Å². The molecule has 0 saturated carbocycles. The summed E-state index contributed by atoms with van der Waals surface area (Å²) in [7, 11) is 0. The average molecular weight is 296 g/mol. The third-order valence-corrected chi connectivity index (χ3v) is 4.15. The predicted octanol–water partition coefficient (Wildman–Crippen LogP) is 2.73. The van der Waals surface area contributed by atoms with Gasteiger partial charge in [-0.25, -0.2) is 4.98 Å². The molecule has 0 spiro atoms. The van der Waals surface area contributed by atoms with Gasteiger partial charge in [-0.15, -0.1) is 0 Å². The fourth-order valence-corrected chi connectivity index (χ4v) is 2.83. The molecule has 1 fully saturated rings. The standard InChI is InChI=1S/C15H22ClN3O/c1-12-6-2-3-10-19(12)11-5-9-18-15(20)13-7-4-8-17-14(13)16/h4,7-8,12H,2-3,5-6,9-11H2,1H3,(H,18,20). The van der Waals surface area contributed by atoms with Gasteiger partial charge in [-0.1, -0.05) is 18.0 Å². The zero-order chi connectivity index (χ0) is 14.4. The molecule has 1 aliphatic heterocycles. The van der Waals surface area contributed by atoms with Gasteiger partial charge in [-0.3, -0.25) is 4.79 Å². The van der Waals surface area contributed by atoms with Gasteiger partial charge >= 0.3 is 0 Å². The molecule has 0 bridgehead atoms. The van der Waals surface area contributed by atoms with Crippen molar-refractivity contribution < 1.29 is 4.79 Å². The van der Waals surface area contributed by atoms with Crippen molar-refractivity contribution in [2.24, 2.45) is 0 Å². The van der Waals surface area contributed by atoms with Crippen molar-refractivity contribution in [3.8, 4) is 0 Å². The number of carbonyl (C=O) groups is 1. The van der Waals surface area contributed by atoms with Crippen LogP contribution >= 0.6 is 11.6 Å². The second kappa shape index (κ2) is 7.60. The molecule has 1 atom stereocenters. The van der Waals surface area contributed by atoms with Crippen molar-refractivity contribution in [2.75, 3.05) is 19.6 Å². The summed E-state index contributed by atoms with van der Waals surface area (Å²) in [6, 6.07) is 4.08. The first-order valence-corrected chi connectivity index (χ1v) is 7.69. The number of pyridine rings is 1. The minimum atomic E-state index is -0.144. The minimum absolute atomic E-state index is 0.144. The number of piperidine rings is 1. The summed E-state index contributed by atoms with van der Waals surface area (Å²) in [5.41, 5.74) is 0.445. The summed E-state index contributed by atoms with van der Waals surface area (Å²) >= 11 is 5.89. The van der Waals surface area contributed by atoms with E-state index >= 15 is 0 Å². The van der Waals surface area contributed by atoms with Gasteiger partial charge in [0.05, 0.1) is 5.56 Å². The number of likely N-dealkylation sites (tertiary alicyclic amines) is 1. The van der Waals surface area contributed by atoms with E-state index in [1.807, 2.05) is 0 Å². The molecule has 1 aromatic heterocycles. The van der Waals surface area contributed by atoms with E-state index < -0.39 is 0 Å². The first-order valence-electron chi connectivity index (χ1n) is 7.31. The van der Waals surface area contributed by atoms with Crippen LogP contribution in [0.3, 0.4) is 0 Å². The summed E-state index contributed by atoms with van der Waals surface area (Å²) in [5.74, 6) is -0.144. The molecule has 1 aliphatic rings. The first-order chi connectivity index (χ1) is 9.68. The molecular formula is C15H22ClN3O. The average Bonchev–Trinajstić information content (AvgIpc) is 2.45. The monoisotopic (exact) mass is 295 g/mol. The Balaban J connectivity index is 1.71. The summed E-state index contributed by atoms with van der Waals surface area (Å²) in [4.78, 5) is 18.3. The Morgan fingerprint density at radius 1 is 1.55 bits per heavy atom. The normalized spacial score (nSPS) is 19.8. The van der Waals surface area contributed by atoms with Crippen molar-refractivity contribution in [1.82, 2.24) is 15.2 Å². The lowest BCUT2D eigenvalue weighted by molar-refractivity contribution is 0.0948. The van der Waals surface area contributed by atoms with E-state index in [4.69, 9.17) is 11.6 Å². The van der Waals surface area contributed by atoms with Crippen LogP contribution in [0.15, 0.2) is 18.3 Å². The molecule has 1 unspecified atom stereocenters. The molecule has 1 saturated heterocycles. The lowest BCUT2D eigenvalue weighted by Crippen LogP contribution is -2.39. The molecule has 0 aliphatic carbocycles. The Labute approximate surface area is 125 Å². The van der Waals surface area contributed by atoms with Gasteiger partial charge in [-0.05, 0) is 44.9 Å². The number of hydrogen-bond donors (Lipinski definition) is 1. The van der Waals surface area contributed by atoms with Crippen molar-refractivity contribution >= 4 is 17.5 Å². The van der Waals surface area contributed by atoms with Gasteiger partial charge in [0.1, 0.15) is 5.15 Å². The van der Waals surface area contributed by atoms with Gasteiger partial charge < -0.3 is 10.2 Å². The van der Waals surface area contributed by atoms with E-state index in [1.165, 1.54) is 25.8 Å². The van der Waals surface area contributed by atoms with E-state index in [1.54, 1.807) is 18.3 Å². The van der Waals surface area contributed by atoms with Gasteiger partial charge in [0.15, 0.2) is 0 Å². The van der Waals surface area contributed by atoms with Crippen LogP contribution in [-0.2, 0) is 0 Å². The first kappa shape index (κ1) is 15.3. The number of nitrogens with one attached hydrogen (secondary N) is 1. The molecule has 1 amide bonds. The Kier molecular flexibility index (Phi) is 5.80. The number of rotatable bonds is 5. The third-order valence-electron chi connectivity index (χ3n) is 3.85. The molecule has 0 radical (unpaired) electrons. The van der Waals surface area contributed by atoms with Crippen LogP contribution in [0.4, 0.5) is 0 Å². The predicted molar refractivity (Wildman–Crippen MR) is 81.1 cm³/mol. The zero-order valence-electron chi connectivity index (χ0n) is 11.9. The minimum Gasteiger partial charge on any atom is -0.352 e. The molecule has 5 heteroatoms. The summed E-state index contributed by atoms with van der Waals surface area (Å²) in [6.07, 6.45) is 6.47. The van der Waals surface area contributed by atoms with Gasteiger partial charge in [0, 0.05) is 25.3 Å². The Morgan fingerprint density at radius 2 is 2.40 bits per heavy atom. The zero-order valence-corrected chi connectivity index (χ0v) is 12.7. The second-order valence-electron chi connectivity index (χ2n) is 5.33. The van der Waals surface area contributed by atoms with Gasteiger partial charge in [0.25, 0.3) is 5.91 Å². The molecule has 110 valence electrons. The lowest BCUT2D eigenvalue weighted by atomic mass is 10.0. The molecule has 1 aromatic rings. The van der Waals surface area contributed by atoms with Crippen LogP contribution in [0, 0.1) is 0 Å². The Bertz CT molecular complexity index is 452. The molecule has 0 aromatic carbocycles. The largest absolute Gasteiger partial charge is 0.352 e. The smallest absolute Gasteiger partial charge is 0.254 e. The topological polar surface area (TPSA) is 45.2 Å². The maximum atomic E-state index is 11.9. The van der Waals surface area contributed by atoms with Crippen LogP contribution in [0.1, 0.15) is 43.0 Å². The highest BCUT2D eigenvalue weighted by molar-refractivity contribution is 6.32. The molecule has 2 heterocycles. The maximum Gasteiger partial charge on any atom is 0.254 e. The number of aromatic nitrogens is 1. The van der Waals surface area contributed by atoms with Crippen molar-refractivity contribution in [2.45, 2.75) is 38.6 Å². The summed E-state index contributed by atoms with van der Waals surface area (Å²) in [6.45, 7) is 5.19. The number of carbonyl (C=O) groups excluding carboxylic acids is 1. The molecule has 1 N–H and O–H groups in total. The number of halogens is 1. The highest BCUT2D eigenvalue weighted by Gasteiger charge is 2.17. The van der Waals surface area contributed by atoms with E-state index in [0.29, 0.717) is 18.2 Å². The van der Waals surface area contributed by atoms with Gasteiger partial charge in [-0.2, -0.15) is 0 Å². The van der Waals surface area contributed by atoms with Crippen LogP contribution in [-0.4, -0.2) is 41.5 Å². The lowest BCUT2D eigenvalue weighted by Gasteiger charge is -2.33. The Hall–Kier alpha value is -1.13. The van der Waals surface area contributed by atoms with Crippen LogP contribution in [0.2, 0.25) is 5.15 Å². The number of nitrogens with zero attached hydrogens (tertiary/aromatic N) is 2. The maximum absolute atomic E-state index is 11.9. The fraction of sp³-hybridized carbons (Fsp3) is 0.600. The van der Waals surface area contributed by atoms with Crippen LogP contribution < -0.4 is 5.32 Å². The van der Waals surface area contributed by atoms with E-state index in [9.17, 15) is 4.79 Å². The highest BCUT2D eigenvalue weighted by Crippen LogP contribution is 2.16. The van der Waals surface area contributed by atoms with E-state index in [-0.39, 0.29) is 11.1 Å². The summed E-state index contributed by atoms with van der Waals surface area (Å²) in [5, 5.41) is 3.16.